The Morgan fingerprint density at radius 3 is 2.31 bits per heavy atom. The molecular formula is C28H32FNO2. The van der Waals surface area contributed by atoms with Crippen LogP contribution in [0, 0.1) is 12.7 Å². The number of benzene rings is 2. The summed E-state index contributed by atoms with van der Waals surface area (Å²) in [4.78, 5) is 12.5. The largest absolute Gasteiger partial charge is 0.456 e. The Labute approximate surface area is 190 Å². The lowest BCUT2D eigenvalue weighted by Gasteiger charge is -2.42. The normalized spacial score (nSPS) is 16.4. The fraction of sp³-hybridized carbons (Fsp3) is 0.393. The number of rotatable bonds is 5. The molecule has 1 aromatic heterocycles. The first-order valence-corrected chi connectivity index (χ1v) is 11.3. The van der Waals surface area contributed by atoms with E-state index >= 15 is 0 Å². The van der Waals surface area contributed by atoms with Crippen molar-refractivity contribution in [3.05, 3.63) is 93.7 Å². The number of carbonyl (C=O) groups excluding carboxylic acids is 1. The summed E-state index contributed by atoms with van der Waals surface area (Å²) in [5, 5.41) is 2.73. The second kappa shape index (κ2) is 8.23. The van der Waals surface area contributed by atoms with E-state index in [-0.39, 0.29) is 34.9 Å². The highest BCUT2D eigenvalue weighted by molar-refractivity contribution is 5.91. The van der Waals surface area contributed by atoms with E-state index in [2.05, 4.69) is 52.1 Å². The molecule has 1 N–H and O–H groups in total. The Morgan fingerprint density at radius 2 is 1.62 bits per heavy atom. The van der Waals surface area contributed by atoms with E-state index in [0.29, 0.717) is 12.0 Å². The number of furan rings is 1. The average molecular weight is 434 g/mol. The summed E-state index contributed by atoms with van der Waals surface area (Å²) in [6.45, 7) is 11.6. The van der Waals surface area contributed by atoms with Crippen molar-refractivity contribution in [3.8, 4) is 0 Å². The number of hydrogen-bond donors (Lipinski definition) is 1. The summed E-state index contributed by atoms with van der Waals surface area (Å²) >= 11 is 0. The van der Waals surface area contributed by atoms with Crippen LogP contribution in [0.1, 0.15) is 84.7 Å². The van der Waals surface area contributed by atoms with Gasteiger partial charge in [0.05, 0.1) is 0 Å². The van der Waals surface area contributed by atoms with Crippen LogP contribution in [-0.2, 0) is 23.8 Å². The van der Waals surface area contributed by atoms with Crippen molar-refractivity contribution in [3.63, 3.8) is 0 Å². The zero-order valence-electron chi connectivity index (χ0n) is 19.6. The Balaban J connectivity index is 1.51. The second-order valence-corrected chi connectivity index (χ2v) is 10.3. The number of nitrogens with one attached hydrogen (secondary N) is 1. The van der Waals surface area contributed by atoms with Crippen LogP contribution in [0.3, 0.4) is 0 Å². The number of amides is 1. The Hall–Kier alpha value is -2.88. The van der Waals surface area contributed by atoms with E-state index < -0.39 is 0 Å². The SMILES string of the molecule is Cc1cc2c(cc1Cc1ccc(C(=O)NCc3ccccc3F)o1)C(C)(C)CCC2(C)C. The third-order valence-electron chi connectivity index (χ3n) is 6.96. The molecule has 3 aromatic rings. The first-order chi connectivity index (χ1) is 15.1. The highest BCUT2D eigenvalue weighted by atomic mass is 19.1. The molecule has 0 saturated heterocycles. The molecule has 168 valence electrons. The monoisotopic (exact) mass is 433 g/mol. The van der Waals surface area contributed by atoms with E-state index in [9.17, 15) is 9.18 Å². The number of aryl methyl sites for hydroxylation is 1. The van der Waals surface area contributed by atoms with Crippen LogP contribution < -0.4 is 5.32 Å². The van der Waals surface area contributed by atoms with Gasteiger partial charge in [-0.2, -0.15) is 0 Å². The quantitative estimate of drug-likeness (QED) is 0.493. The van der Waals surface area contributed by atoms with Crippen LogP contribution >= 0.6 is 0 Å². The van der Waals surface area contributed by atoms with Crippen LogP contribution in [0.5, 0.6) is 0 Å². The first kappa shape index (κ1) is 22.3. The van der Waals surface area contributed by atoms with Gasteiger partial charge in [-0.3, -0.25) is 4.79 Å². The van der Waals surface area contributed by atoms with Crippen LogP contribution in [-0.4, -0.2) is 5.91 Å². The van der Waals surface area contributed by atoms with E-state index in [1.807, 2.05) is 6.07 Å². The van der Waals surface area contributed by atoms with Crippen molar-refractivity contribution >= 4 is 5.91 Å². The van der Waals surface area contributed by atoms with E-state index in [1.165, 1.54) is 41.2 Å². The number of carbonyl (C=O) groups is 1. The van der Waals surface area contributed by atoms with Crippen LogP contribution in [0.2, 0.25) is 0 Å². The maximum Gasteiger partial charge on any atom is 0.287 e. The topological polar surface area (TPSA) is 42.2 Å². The van der Waals surface area contributed by atoms with Gasteiger partial charge in [-0.05, 0) is 71.0 Å². The lowest BCUT2D eigenvalue weighted by Crippen LogP contribution is -2.34. The van der Waals surface area contributed by atoms with Gasteiger partial charge in [0, 0.05) is 18.5 Å². The molecule has 0 radical (unpaired) electrons. The fourth-order valence-corrected chi connectivity index (χ4v) is 4.64. The van der Waals surface area contributed by atoms with Gasteiger partial charge in [0.1, 0.15) is 11.6 Å². The predicted molar refractivity (Wildman–Crippen MR) is 126 cm³/mol. The molecule has 1 amide bonds. The molecule has 0 aliphatic heterocycles. The molecule has 3 nitrogen and oxygen atoms in total. The summed E-state index contributed by atoms with van der Waals surface area (Å²) in [7, 11) is 0. The molecule has 32 heavy (non-hydrogen) atoms. The summed E-state index contributed by atoms with van der Waals surface area (Å²) in [5.74, 6) is 0.317. The Bertz CT molecular complexity index is 1160. The van der Waals surface area contributed by atoms with Crippen molar-refractivity contribution in [1.29, 1.82) is 0 Å². The summed E-state index contributed by atoms with van der Waals surface area (Å²) in [6, 6.07) is 14.6. The highest BCUT2D eigenvalue weighted by Crippen LogP contribution is 2.46. The van der Waals surface area contributed by atoms with E-state index in [1.54, 1.807) is 24.3 Å². The Kier molecular flexibility index (Phi) is 5.74. The third-order valence-corrected chi connectivity index (χ3v) is 6.96. The Morgan fingerprint density at radius 1 is 0.969 bits per heavy atom. The number of halogens is 1. The summed E-state index contributed by atoms with van der Waals surface area (Å²) in [6.07, 6.45) is 2.99. The molecule has 0 saturated carbocycles. The van der Waals surface area contributed by atoms with Crippen LogP contribution in [0.15, 0.2) is 52.9 Å². The minimum atomic E-state index is -0.343. The minimum absolute atomic E-state index is 0.121. The van der Waals surface area contributed by atoms with E-state index in [0.717, 1.165) is 5.76 Å². The molecule has 2 aromatic carbocycles. The van der Waals surface area contributed by atoms with Gasteiger partial charge in [-0.1, -0.05) is 58.0 Å². The molecule has 0 spiro atoms. The molecular weight excluding hydrogens is 401 g/mol. The number of fused-ring (bicyclic) bond motifs is 1. The smallest absolute Gasteiger partial charge is 0.287 e. The van der Waals surface area contributed by atoms with Gasteiger partial charge in [-0.15, -0.1) is 0 Å². The van der Waals surface area contributed by atoms with Crippen LogP contribution in [0.4, 0.5) is 4.39 Å². The maximum atomic E-state index is 13.8. The fourth-order valence-electron chi connectivity index (χ4n) is 4.64. The van der Waals surface area contributed by atoms with Gasteiger partial charge in [-0.25, -0.2) is 4.39 Å². The van der Waals surface area contributed by atoms with Crippen LogP contribution in [0.25, 0.3) is 0 Å². The van der Waals surface area contributed by atoms with Crippen molar-refractivity contribution < 1.29 is 13.6 Å². The molecule has 0 atom stereocenters. The third kappa shape index (κ3) is 4.36. The molecule has 0 unspecified atom stereocenters. The molecule has 1 aliphatic carbocycles. The average Bonchev–Trinajstić information content (AvgIpc) is 3.20. The van der Waals surface area contributed by atoms with Crippen molar-refractivity contribution in [2.45, 2.75) is 71.3 Å². The molecule has 1 aliphatic rings. The van der Waals surface area contributed by atoms with Crippen molar-refractivity contribution in [2.75, 3.05) is 0 Å². The molecule has 0 fully saturated rings. The minimum Gasteiger partial charge on any atom is -0.456 e. The van der Waals surface area contributed by atoms with Gasteiger partial charge >= 0.3 is 0 Å². The lowest BCUT2D eigenvalue weighted by atomic mass is 9.62. The van der Waals surface area contributed by atoms with Crippen molar-refractivity contribution in [2.24, 2.45) is 0 Å². The van der Waals surface area contributed by atoms with E-state index in [4.69, 9.17) is 4.42 Å². The predicted octanol–water partition coefficient (Wildman–Crippen LogP) is 6.60. The van der Waals surface area contributed by atoms with Gasteiger partial charge < -0.3 is 9.73 Å². The van der Waals surface area contributed by atoms with Gasteiger partial charge in [0.2, 0.25) is 0 Å². The summed E-state index contributed by atoms with van der Waals surface area (Å²) in [5.41, 5.74) is 6.12. The van der Waals surface area contributed by atoms with Gasteiger partial charge in [0.15, 0.2) is 5.76 Å². The standard InChI is InChI=1S/C28H32FNO2/c1-18-14-22-23(28(4,5)13-12-27(22,2)3)16-20(18)15-21-10-11-25(32-21)26(31)30-17-19-8-6-7-9-24(19)29/h6-11,14,16H,12-13,15,17H2,1-5H3,(H,30,31). The summed E-state index contributed by atoms with van der Waals surface area (Å²) < 4.78 is 19.6. The second-order valence-electron chi connectivity index (χ2n) is 10.3. The molecule has 4 rings (SSSR count). The first-order valence-electron chi connectivity index (χ1n) is 11.3. The zero-order chi connectivity index (χ0) is 23.1. The zero-order valence-corrected chi connectivity index (χ0v) is 19.6. The maximum absolute atomic E-state index is 13.8. The molecule has 1 heterocycles. The van der Waals surface area contributed by atoms with Crippen molar-refractivity contribution in [1.82, 2.24) is 5.32 Å². The van der Waals surface area contributed by atoms with Gasteiger partial charge in [0.25, 0.3) is 5.91 Å². The highest BCUT2D eigenvalue weighted by Gasteiger charge is 2.37. The lowest BCUT2D eigenvalue weighted by molar-refractivity contribution is 0.0921. The molecule has 4 heteroatoms. The number of hydrogen-bond acceptors (Lipinski definition) is 2. The molecule has 0 bridgehead atoms.